The van der Waals surface area contributed by atoms with E-state index >= 15 is 0 Å². The summed E-state index contributed by atoms with van der Waals surface area (Å²) < 4.78 is 0. The minimum atomic E-state index is 0.0902. The second-order valence-corrected chi connectivity index (χ2v) is 5.30. The van der Waals surface area contributed by atoms with Crippen LogP contribution in [0.4, 0.5) is 5.69 Å². The lowest BCUT2D eigenvalue weighted by Crippen LogP contribution is -2.37. The lowest BCUT2D eigenvalue weighted by atomic mass is 10.2. The summed E-state index contributed by atoms with van der Waals surface area (Å²) >= 11 is 1.77. The molecule has 0 atom stereocenters. The van der Waals surface area contributed by atoms with E-state index < -0.39 is 0 Å². The normalized spacial score (nSPS) is 17.5. The summed E-state index contributed by atoms with van der Waals surface area (Å²) in [5.41, 5.74) is 7.44. The SMILES string of the molecule is CSc1ccc(N(C)CC2(N)CC2)cc1. The second kappa shape index (κ2) is 4.06. The Morgan fingerprint density at radius 2 is 1.93 bits per heavy atom. The highest BCUT2D eigenvalue weighted by Crippen LogP contribution is 2.33. The first-order valence-electron chi connectivity index (χ1n) is 5.27. The van der Waals surface area contributed by atoms with Gasteiger partial charge in [-0.2, -0.15) is 0 Å². The molecule has 0 unspecified atom stereocenters. The molecule has 0 spiro atoms. The van der Waals surface area contributed by atoms with Gasteiger partial charge in [-0.1, -0.05) is 0 Å². The molecule has 2 N–H and O–H groups in total. The molecule has 2 rings (SSSR count). The number of likely N-dealkylation sites (N-methyl/N-ethyl adjacent to an activating group) is 1. The minimum Gasteiger partial charge on any atom is -0.373 e. The van der Waals surface area contributed by atoms with Crippen molar-refractivity contribution in [1.82, 2.24) is 0 Å². The molecule has 1 aliphatic carbocycles. The third kappa shape index (κ3) is 2.67. The highest BCUT2D eigenvalue weighted by molar-refractivity contribution is 7.98. The van der Waals surface area contributed by atoms with Gasteiger partial charge in [0.2, 0.25) is 0 Å². The van der Waals surface area contributed by atoms with Gasteiger partial charge in [0.25, 0.3) is 0 Å². The van der Waals surface area contributed by atoms with Crippen LogP contribution in [0.15, 0.2) is 29.2 Å². The largest absolute Gasteiger partial charge is 0.373 e. The molecule has 1 aliphatic rings. The van der Waals surface area contributed by atoms with E-state index in [1.807, 2.05) is 0 Å². The van der Waals surface area contributed by atoms with Gasteiger partial charge in [-0.05, 0) is 43.4 Å². The number of nitrogens with two attached hydrogens (primary N) is 1. The van der Waals surface area contributed by atoms with Crippen LogP contribution in [0.1, 0.15) is 12.8 Å². The molecule has 0 radical (unpaired) electrons. The van der Waals surface area contributed by atoms with E-state index in [0.29, 0.717) is 0 Å². The first-order chi connectivity index (χ1) is 7.13. The van der Waals surface area contributed by atoms with Gasteiger partial charge >= 0.3 is 0 Å². The number of anilines is 1. The van der Waals surface area contributed by atoms with Gasteiger partial charge in [0, 0.05) is 29.7 Å². The van der Waals surface area contributed by atoms with E-state index in [-0.39, 0.29) is 5.54 Å². The molecule has 3 heteroatoms. The van der Waals surface area contributed by atoms with Crippen LogP contribution in [0, 0.1) is 0 Å². The van der Waals surface area contributed by atoms with E-state index in [1.165, 1.54) is 23.4 Å². The van der Waals surface area contributed by atoms with E-state index in [4.69, 9.17) is 5.73 Å². The third-order valence-electron chi connectivity index (χ3n) is 2.96. The maximum atomic E-state index is 6.10. The number of thioether (sulfide) groups is 1. The number of benzene rings is 1. The number of nitrogens with zero attached hydrogens (tertiary/aromatic N) is 1. The van der Waals surface area contributed by atoms with Gasteiger partial charge in [-0.3, -0.25) is 0 Å². The summed E-state index contributed by atoms with van der Waals surface area (Å²) in [6.07, 6.45) is 4.43. The minimum absolute atomic E-state index is 0.0902. The zero-order chi connectivity index (χ0) is 10.9. The molecule has 1 saturated carbocycles. The van der Waals surface area contributed by atoms with Crippen molar-refractivity contribution in [2.75, 3.05) is 24.7 Å². The lowest BCUT2D eigenvalue weighted by Gasteiger charge is -2.23. The molecule has 0 aromatic heterocycles. The van der Waals surface area contributed by atoms with E-state index in [2.05, 4.69) is 42.5 Å². The van der Waals surface area contributed by atoms with E-state index in [9.17, 15) is 0 Å². The van der Waals surface area contributed by atoms with Crippen molar-refractivity contribution in [3.05, 3.63) is 24.3 Å². The molecule has 2 nitrogen and oxygen atoms in total. The Balaban J connectivity index is 2.01. The van der Waals surface area contributed by atoms with Crippen molar-refractivity contribution in [3.8, 4) is 0 Å². The van der Waals surface area contributed by atoms with Crippen LogP contribution in [0.5, 0.6) is 0 Å². The fraction of sp³-hybridized carbons (Fsp3) is 0.500. The summed E-state index contributed by atoms with van der Waals surface area (Å²) in [4.78, 5) is 3.55. The molecular weight excluding hydrogens is 204 g/mol. The van der Waals surface area contributed by atoms with Gasteiger partial charge in [-0.25, -0.2) is 0 Å². The van der Waals surface area contributed by atoms with E-state index in [0.717, 1.165) is 6.54 Å². The molecule has 0 bridgehead atoms. The smallest absolute Gasteiger partial charge is 0.0365 e. The summed E-state index contributed by atoms with van der Waals surface area (Å²) in [7, 11) is 2.11. The van der Waals surface area contributed by atoms with Gasteiger partial charge in [0.15, 0.2) is 0 Å². The quantitative estimate of drug-likeness (QED) is 0.793. The number of hydrogen-bond acceptors (Lipinski definition) is 3. The molecule has 0 heterocycles. The molecule has 0 amide bonds. The van der Waals surface area contributed by atoms with E-state index in [1.54, 1.807) is 11.8 Å². The van der Waals surface area contributed by atoms with Crippen LogP contribution in [0.25, 0.3) is 0 Å². The molecule has 82 valence electrons. The first-order valence-corrected chi connectivity index (χ1v) is 6.49. The standard InChI is InChI=1S/C12H18N2S/c1-14(9-12(13)7-8-12)10-3-5-11(15-2)6-4-10/h3-6H,7-9,13H2,1-2H3. The monoisotopic (exact) mass is 222 g/mol. The first kappa shape index (κ1) is 10.8. The van der Waals surface area contributed by atoms with Gasteiger partial charge in [0.05, 0.1) is 0 Å². The zero-order valence-electron chi connectivity index (χ0n) is 9.36. The molecule has 0 aliphatic heterocycles. The number of hydrogen-bond donors (Lipinski definition) is 1. The van der Waals surface area contributed by atoms with Crippen molar-refractivity contribution in [1.29, 1.82) is 0 Å². The fourth-order valence-corrected chi connectivity index (χ4v) is 2.13. The van der Waals surface area contributed by atoms with Gasteiger partial charge in [-0.15, -0.1) is 11.8 Å². The highest BCUT2D eigenvalue weighted by atomic mass is 32.2. The van der Waals surface area contributed by atoms with Crippen molar-refractivity contribution in [2.24, 2.45) is 5.73 Å². The van der Waals surface area contributed by atoms with Gasteiger partial charge in [0.1, 0.15) is 0 Å². The van der Waals surface area contributed by atoms with Crippen molar-refractivity contribution >= 4 is 17.4 Å². The van der Waals surface area contributed by atoms with Crippen LogP contribution in [0.2, 0.25) is 0 Å². The molecule has 15 heavy (non-hydrogen) atoms. The van der Waals surface area contributed by atoms with Crippen molar-refractivity contribution in [2.45, 2.75) is 23.3 Å². The molecular formula is C12H18N2S. The van der Waals surface area contributed by atoms with Gasteiger partial charge < -0.3 is 10.6 Å². The Labute approximate surface area is 95.8 Å². The van der Waals surface area contributed by atoms with Crippen LogP contribution in [-0.4, -0.2) is 25.4 Å². The highest BCUT2D eigenvalue weighted by Gasteiger charge is 2.39. The topological polar surface area (TPSA) is 29.3 Å². The van der Waals surface area contributed by atoms with Crippen molar-refractivity contribution < 1.29 is 0 Å². The van der Waals surface area contributed by atoms with Crippen LogP contribution in [0.3, 0.4) is 0 Å². The molecule has 0 saturated heterocycles. The van der Waals surface area contributed by atoms with Crippen LogP contribution >= 0.6 is 11.8 Å². The predicted molar refractivity (Wildman–Crippen MR) is 67.6 cm³/mol. The zero-order valence-corrected chi connectivity index (χ0v) is 10.2. The predicted octanol–water partition coefficient (Wildman–Crippen LogP) is 2.34. The lowest BCUT2D eigenvalue weighted by molar-refractivity contribution is 0.660. The maximum Gasteiger partial charge on any atom is 0.0365 e. The fourth-order valence-electron chi connectivity index (χ4n) is 1.72. The second-order valence-electron chi connectivity index (χ2n) is 4.42. The molecule has 1 fully saturated rings. The Morgan fingerprint density at radius 3 is 2.40 bits per heavy atom. The third-order valence-corrected chi connectivity index (χ3v) is 3.70. The summed E-state index contributed by atoms with van der Waals surface area (Å²) in [5, 5.41) is 0. The Hall–Kier alpha value is -0.670. The average Bonchev–Trinajstić information content (AvgIpc) is 2.96. The Bertz CT molecular complexity index is 330. The average molecular weight is 222 g/mol. The van der Waals surface area contributed by atoms with Crippen LogP contribution in [-0.2, 0) is 0 Å². The Kier molecular flexibility index (Phi) is 2.94. The number of rotatable bonds is 4. The van der Waals surface area contributed by atoms with Crippen LogP contribution < -0.4 is 10.6 Å². The summed E-state index contributed by atoms with van der Waals surface area (Å²) in [5.74, 6) is 0. The Morgan fingerprint density at radius 1 is 1.33 bits per heavy atom. The maximum absolute atomic E-state index is 6.10. The molecule has 1 aromatic rings. The summed E-state index contributed by atoms with van der Waals surface area (Å²) in [6.45, 7) is 0.964. The summed E-state index contributed by atoms with van der Waals surface area (Å²) in [6, 6.07) is 8.65. The van der Waals surface area contributed by atoms with Crippen molar-refractivity contribution in [3.63, 3.8) is 0 Å². The molecule has 1 aromatic carbocycles.